The zero-order chi connectivity index (χ0) is 13.4. The predicted molar refractivity (Wildman–Crippen MR) is 73.1 cm³/mol. The third-order valence-corrected chi connectivity index (χ3v) is 3.77. The maximum atomic E-state index is 11.6. The van der Waals surface area contributed by atoms with E-state index in [0.29, 0.717) is 6.54 Å². The Kier molecular flexibility index (Phi) is 2.89. The SMILES string of the molecule is COC(=O)C1CCN(c2nc3ccccc3n2C)C1. The Balaban J connectivity index is 1.89. The van der Waals surface area contributed by atoms with Crippen LogP contribution >= 0.6 is 0 Å². The molecule has 1 fully saturated rings. The summed E-state index contributed by atoms with van der Waals surface area (Å²) < 4.78 is 6.89. The van der Waals surface area contributed by atoms with Crippen LogP contribution in [-0.4, -0.2) is 35.7 Å². The van der Waals surface area contributed by atoms with Gasteiger partial charge in [0.2, 0.25) is 5.95 Å². The summed E-state index contributed by atoms with van der Waals surface area (Å²) in [4.78, 5) is 18.4. The van der Waals surface area contributed by atoms with Crippen molar-refractivity contribution in [3.63, 3.8) is 0 Å². The summed E-state index contributed by atoms with van der Waals surface area (Å²) in [6.45, 7) is 1.53. The molecule has 2 aromatic rings. The average Bonchev–Trinajstić information content (AvgIpc) is 3.04. The number of rotatable bonds is 2. The fraction of sp³-hybridized carbons (Fsp3) is 0.429. The largest absolute Gasteiger partial charge is 0.469 e. The van der Waals surface area contributed by atoms with Crippen molar-refractivity contribution >= 4 is 23.0 Å². The number of hydrogen-bond donors (Lipinski definition) is 0. The highest BCUT2D eigenvalue weighted by molar-refractivity contribution is 5.79. The van der Waals surface area contributed by atoms with Gasteiger partial charge in [-0.05, 0) is 18.6 Å². The highest BCUT2D eigenvalue weighted by Crippen LogP contribution is 2.26. The van der Waals surface area contributed by atoms with Gasteiger partial charge in [0.15, 0.2) is 0 Å². The first-order chi connectivity index (χ1) is 9.20. The van der Waals surface area contributed by atoms with E-state index in [1.54, 1.807) is 0 Å². The van der Waals surface area contributed by atoms with Gasteiger partial charge in [-0.25, -0.2) is 4.98 Å². The maximum Gasteiger partial charge on any atom is 0.310 e. The lowest BCUT2D eigenvalue weighted by Gasteiger charge is -2.17. The molecular formula is C14H17N3O2. The number of carbonyl (C=O) groups excluding carboxylic acids is 1. The van der Waals surface area contributed by atoms with Gasteiger partial charge < -0.3 is 14.2 Å². The van der Waals surface area contributed by atoms with Crippen molar-refractivity contribution in [2.24, 2.45) is 13.0 Å². The minimum Gasteiger partial charge on any atom is -0.469 e. The van der Waals surface area contributed by atoms with Crippen LogP contribution in [0.2, 0.25) is 0 Å². The summed E-state index contributed by atoms with van der Waals surface area (Å²) in [6, 6.07) is 8.06. The monoisotopic (exact) mass is 259 g/mol. The molecule has 1 saturated heterocycles. The predicted octanol–water partition coefficient (Wildman–Crippen LogP) is 1.57. The fourth-order valence-corrected chi connectivity index (χ4v) is 2.72. The fourth-order valence-electron chi connectivity index (χ4n) is 2.72. The second-order valence-corrected chi connectivity index (χ2v) is 4.91. The van der Waals surface area contributed by atoms with Gasteiger partial charge in [-0.3, -0.25) is 4.79 Å². The molecule has 19 heavy (non-hydrogen) atoms. The highest BCUT2D eigenvalue weighted by atomic mass is 16.5. The van der Waals surface area contributed by atoms with Crippen molar-refractivity contribution in [3.05, 3.63) is 24.3 Å². The van der Waals surface area contributed by atoms with Gasteiger partial charge in [-0.15, -0.1) is 0 Å². The summed E-state index contributed by atoms with van der Waals surface area (Å²) in [6.07, 6.45) is 0.829. The number of benzene rings is 1. The number of ether oxygens (including phenoxy) is 1. The van der Waals surface area contributed by atoms with Gasteiger partial charge in [0, 0.05) is 20.1 Å². The molecule has 1 aliphatic heterocycles. The minimum absolute atomic E-state index is 0.0372. The summed E-state index contributed by atoms with van der Waals surface area (Å²) in [5, 5.41) is 0. The zero-order valence-electron chi connectivity index (χ0n) is 11.2. The van der Waals surface area contributed by atoms with E-state index in [1.807, 2.05) is 25.2 Å². The number of aromatic nitrogens is 2. The second kappa shape index (κ2) is 4.57. The van der Waals surface area contributed by atoms with Crippen LogP contribution in [0, 0.1) is 5.92 Å². The molecule has 1 aromatic carbocycles. The van der Waals surface area contributed by atoms with Crippen LogP contribution in [0.4, 0.5) is 5.95 Å². The first kappa shape index (κ1) is 12.0. The van der Waals surface area contributed by atoms with Crippen molar-refractivity contribution in [1.82, 2.24) is 9.55 Å². The summed E-state index contributed by atoms with van der Waals surface area (Å²) in [5.74, 6) is 0.763. The van der Waals surface area contributed by atoms with Gasteiger partial charge in [0.25, 0.3) is 0 Å². The normalized spacial score (nSPS) is 19.1. The number of hydrogen-bond acceptors (Lipinski definition) is 4. The number of nitrogens with zero attached hydrogens (tertiary/aromatic N) is 3. The Morgan fingerprint density at radius 2 is 2.21 bits per heavy atom. The van der Waals surface area contributed by atoms with Gasteiger partial charge in [0.1, 0.15) is 0 Å². The number of anilines is 1. The topological polar surface area (TPSA) is 47.4 Å². The molecule has 1 aliphatic rings. The Morgan fingerprint density at radius 3 is 2.95 bits per heavy atom. The summed E-state index contributed by atoms with van der Waals surface area (Å²) in [5.41, 5.74) is 2.10. The molecule has 5 nitrogen and oxygen atoms in total. The minimum atomic E-state index is -0.124. The average molecular weight is 259 g/mol. The third kappa shape index (κ3) is 1.95. The smallest absolute Gasteiger partial charge is 0.310 e. The molecule has 2 heterocycles. The number of esters is 1. The molecule has 0 N–H and O–H groups in total. The third-order valence-electron chi connectivity index (χ3n) is 3.77. The number of imidazole rings is 1. The van der Waals surface area contributed by atoms with E-state index in [1.165, 1.54) is 7.11 Å². The van der Waals surface area contributed by atoms with Crippen molar-refractivity contribution in [1.29, 1.82) is 0 Å². The molecule has 1 atom stereocenters. The van der Waals surface area contributed by atoms with Gasteiger partial charge in [-0.2, -0.15) is 0 Å². The molecule has 1 unspecified atom stereocenters. The van der Waals surface area contributed by atoms with E-state index in [4.69, 9.17) is 4.74 Å². The molecule has 0 spiro atoms. The Labute approximate surface area is 111 Å². The molecule has 0 aliphatic carbocycles. The van der Waals surface area contributed by atoms with Crippen molar-refractivity contribution in [2.75, 3.05) is 25.1 Å². The van der Waals surface area contributed by atoms with E-state index in [0.717, 1.165) is 29.9 Å². The summed E-state index contributed by atoms with van der Waals surface area (Å²) >= 11 is 0. The van der Waals surface area contributed by atoms with E-state index in [9.17, 15) is 4.79 Å². The van der Waals surface area contributed by atoms with E-state index in [-0.39, 0.29) is 11.9 Å². The highest BCUT2D eigenvalue weighted by Gasteiger charge is 2.31. The van der Waals surface area contributed by atoms with E-state index in [2.05, 4.69) is 20.5 Å². The van der Waals surface area contributed by atoms with Crippen LogP contribution < -0.4 is 4.90 Å². The Hall–Kier alpha value is -2.04. The lowest BCUT2D eigenvalue weighted by molar-refractivity contribution is -0.144. The van der Waals surface area contributed by atoms with E-state index < -0.39 is 0 Å². The lowest BCUT2D eigenvalue weighted by Crippen LogP contribution is -2.25. The lowest BCUT2D eigenvalue weighted by atomic mass is 10.1. The molecule has 0 saturated carbocycles. The van der Waals surface area contributed by atoms with Crippen molar-refractivity contribution < 1.29 is 9.53 Å². The number of aryl methyl sites for hydroxylation is 1. The van der Waals surface area contributed by atoms with Crippen molar-refractivity contribution in [3.8, 4) is 0 Å². The molecule has 0 radical (unpaired) electrons. The number of para-hydroxylation sites is 2. The van der Waals surface area contributed by atoms with Crippen LogP contribution in [0.1, 0.15) is 6.42 Å². The van der Waals surface area contributed by atoms with Gasteiger partial charge >= 0.3 is 5.97 Å². The van der Waals surface area contributed by atoms with E-state index >= 15 is 0 Å². The zero-order valence-corrected chi connectivity index (χ0v) is 11.2. The Bertz CT molecular complexity index is 620. The van der Waals surface area contributed by atoms with Gasteiger partial charge in [0.05, 0.1) is 24.1 Å². The molecule has 1 aromatic heterocycles. The first-order valence-corrected chi connectivity index (χ1v) is 6.45. The van der Waals surface area contributed by atoms with Crippen LogP contribution in [0.3, 0.4) is 0 Å². The molecular weight excluding hydrogens is 242 g/mol. The second-order valence-electron chi connectivity index (χ2n) is 4.91. The van der Waals surface area contributed by atoms with Gasteiger partial charge in [-0.1, -0.05) is 12.1 Å². The maximum absolute atomic E-state index is 11.6. The molecule has 0 bridgehead atoms. The van der Waals surface area contributed by atoms with Crippen LogP contribution in [-0.2, 0) is 16.6 Å². The van der Waals surface area contributed by atoms with Crippen LogP contribution in [0.25, 0.3) is 11.0 Å². The quantitative estimate of drug-likeness (QED) is 0.768. The van der Waals surface area contributed by atoms with Crippen LogP contribution in [0.5, 0.6) is 0 Å². The summed E-state index contributed by atoms with van der Waals surface area (Å²) in [7, 11) is 3.45. The molecule has 5 heteroatoms. The Morgan fingerprint density at radius 1 is 1.42 bits per heavy atom. The molecule has 0 amide bonds. The number of methoxy groups -OCH3 is 1. The molecule has 100 valence electrons. The van der Waals surface area contributed by atoms with Crippen molar-refractivity contribution in [2.45, 2.75) is 6.42 Å². The van der Waals surface area contributed by atoms with Crippen LogP contribution in [0.15, 0.2) is 24.3 Å². The standard InChI is InChI=1S/C14H17N3O2/c1-16-12-6-4-3-5-11(12)15-14(16)17-8-7-10(9-17)13(18)19-2/h3-6,10H,7-9H2,1-2H3. The number of carbonyl (C=O) groups is 1. The number of fused-ring (bicyclic) bond motifs is 1. The first-order valence-electron chi connectivity index (χ1n) is 6.45. The molecule has 3 rings (SSSR count).